The molecule has 2 heterocycles. The number of benzene rings is 1. The molecule has 0 atom stereocenters. The number of allylic oxidation sites excluding steroid dienone is 2. The number of ether oxygens (including phenoxy) is 1. The van der Waals surface area contributed by atoms with Gasteiger partial charge in [0, 0.05) is 24.1 Å². The lowest BCUT2D eigenvalue weighted by Gasteiger charge is -2.17. The van der Waals surface area contributed by atoms with Crippen LogP contribution >= 0.6 is 35.7 Å². The molecule has 5 nitrogen and oxygen atoms in total. The number of thiocarbonyl (C=S) groups is 1. The third-order valence-corrected chi connectivity index (χ3v) is 6.76. The number of esters is 1. The smallest absolute Gasteiger partial charge is 0.330 e. The zero-order valence-corrected chi connectivity index (χ0v) is 18.2. The van der Waals surface area contributed by atoms with Gasteiger partial charge >= 0.3 is 5.97 Å². The topological polar surface area (TPSA) is 49.9 Å². The largest absolute Gasteiger partial charge is 0.466 e. The van der Waals surface area contributed by atoms with E-state index in [1.807, 2.05) is 37.3 Å². The first-order chi connectivity index (χ1) is 13.5. The molecule has 1 saturated heterocycles. The van der Waals surface area contributed by atoms with Crippen LogP contribution in [-0.4, -0.2) is 41.3 Å². The van der Waals surface area contributed by atoms with Crippen LogP contribution in [0.25, 0.3) is 6.08 Å². The summed E-state index contributed by atoms with van der Waals surface area (Å²) in [4.78, 5) is 29.2. The molecule has 8 heteroatoms. The average Bonchev–Trinajstić information content (AvgIpc) is 3.19. The van der Waals surface area contributed by atoms with Gasteiger partial charge in [-0.1, -0.05) is 41.8 Å². The molecule has 0 N–H and O–H groups in total. The fourth-order valence-electron chi connectivity index (χ4n) is 2.84. The molecule has 146 valence electrons. The summed E-state index contributed by atoms with van der Waals surface area (Å²) in [5.74, 6) is -0.415. The van der Waals surface area contributed by atoms with Crippen molar-refractivity contribution in [2.24, 2.45) is 0 Å². The van der Waals surface area contributed by atoms with Crippen molar-refractivity contribution < 1.29 is 14.3 Å². The Morgan fingerprint density at radius 2 is 1.93 bits per heavy atom. The second kappa shape index (κ2) is 8.98. The lowest BCUT2D eigenvalue weighted by molar-refractivity contribution is -0.134. The Morgan fingerprint density at radius 3 is 2.57 bits per heavy atom. The number of anilines is 1. The van der Waals surface area contributed by atoms with Gasteiger partial charge in [0.2, 0.25) is 0 Å². The van der Waals surface area contributed by atoms with Crippen LogP contribution in [0.2, 0.25) is 0 Å². The summed E-state index contributed by atoms with van der Waals surface area (Å²) in [6, 6.07) is 6.05. The van der Waals surface area contributed by atoms with Gasteiger partial charge in [-0.05, 0) is 49.8 Å². The molecule has 0 aliphatic carbocycles. The summed E-state index contributed by atoms with van der Waals surface area (Å²) in [5.41, 5.74) is 2.04. The number of fused-ring (bicyclic) bond motifs is 1. The number of hydrogen-bond donors (Lipinski definition) is 0. The second-order valence-electron chi connectivity index (χ2n) is 5.88. The molecule has 2 aliphatic rings. The number of carbonyl (C=O) groups excluding carboxylic acids is 2. The fraction of sp³-hybridized carbons (Fsp3) is 0.250. The first-order valence-electron chi connectivity index (χ1n) is 8.79. The summed E-state index contributed by atoms with van der Waals surface area (Å²) < 4.78 is 5.24. The number of amides is 1. The Hall–Kier alpha value is -2.03. The number of nitrogens with zero attached hydrogens (tertiary/aromatic N) is 2. The lowest BCUT2D eigenvalue weighted by Crippen LogP contribution is -2.27. The normalized spacial score (nSPS) is 19.4. The monoisotopic (exact) mass is 432 g/mol. The van der Waals surface area contributed by atoms with Crippen LogP contribution in [-0.2, 0) is 14.3 Å². The van der Waals surface area contributed by atoms with Gasteiger partial charge in [-0.15, -0.1) is 0 Å². The van der Waals surface area contributed by atoms with Gasteiger partial charge in [-0.3, -0.25) is 9.69 Å². The summed E-state index contributed by atoms with van der Waals surface area (Å²) in [6.07, 6.45) is 6.97. The molecule has 0 radical (unpaired) electrons. The van der Waals surface area contributed by atoms with Crippen molar-refractivity contribution in [3.63, 3.8) is 0 Å². The van der Waals surface area contributed by atoms with E-state index in [0.29, 0.717) is 15.8 Å². The predicted molar refractivity (Wildman–Crippen MR) is 120 cm³/mol. The Labute approximate surface area is 178 Å². The van der Waals surface area contributed by atoms with E-state index in [1.165, 1.54) is 24.9 Å². The zero-order chi connectivity index (χ0) is 20.3. The first-order valence-corrected chi connectivity index (χ1v) is 10.8. The number of thioether (sulfide) groups is 2. The Kier molecular flexibility index (Phi) is 6.64. The zero-order valence-electron chi connectivity index (χ0n) is 15.8. The van der Waals surface area contributed by atoms with E-state index in [0.717, 1.165) is 27.7 Å². The SMILES string of the molecule is CCN1C(=O)C(=CC=C2Sc3cc(C=CC(=O)OC)ccc3N2CC)SC1=S. The number of carbonyl (C=O) groups is 2. The average molecular weight is 433 g/mol. The molecule has 0 bridgehead atoms. The van der Waals surface area contributed by atoms with E-state index in [1.54, 1.807) is 22.7 Å². The fourth-order valence-corrected chi connectivity index (χ4v) is 5.34. The highest BCUT2D eigenvalue weighted by Crippen LogP contribution is 2.46. The molecule has 1 aromatic rings. The highest BCUT2D eigenvalue weighted by molar-refractivity contribution is 8.26. The summed E-state index contributed by atoms with van der Waals surface area (Å²) in [6.45, 7) is 5.40. The Balaban J connectivity index is 1.84. The van der Waals surface area contributed by atoms with Gasteiger partial charge in [0.25, 0.3) is 5.91 Å². The van der Waals surface area contributed by atoms with Gasteiger partial charge in [-0.25, -0.2) is 4.79 Å². The van der Waals surface area contributed by atoms with Crippen LogP contribution in [0.3, 0.4) is 0 Å². The number of hydrogen-bond acceptors (Lipinski definition) is 7. The van der Waals surface area contributed by atoms with Crippen molar-refractivity contribution in [1.29, 1.82) is 0 Å². The van der Waals surface area contributed by atoms with E-state index in [-0.39, 0.29) is 11.9 Å². The summed E-state index contributed by atoms with van der Waals surface area (Å²) in [7, 11) is 1.36. The van der Waals surface area contributed by atoms with E-state index in [2.05, 4.69) is 16.6 Å². The molecule has 0 saturated carbocycles. The number of rotatable bonds is 5. The molecule has 1 amide bonds. The second-order valence-corrected chi connectivity index (χ2v) is 8.62. The van der Waals surface area contributed by atoms with E-state index in [4.69, 9.17) is 12.2 Å². The van der Waals surface area contributed by atoms with Crippen LogP contribution < -0.4 is 4.90 Å². The molecule has 3 rings (SSSR count). The van der Waals surface area contributed by atoms with Gasteiger partial charge in [0.05, 0.1) is 22.7 Å². The maximum Gasteiger partial charge on any atom is 0.330 e. The molecule has 28 heavy (non-hydrogen) atoms. The van der Waals surface area contributed by atoms with Crippen LogP contribution in [0.15, 0.2) is 51.3 Å². The maximum atomic E-state index is 12.4. The minimum absolute atomic E-state index is 0.0341. The quantitative estimate of drug-likeness (QED) is 0.388. The molecular formula is C20H20N2O3S3. The molecule has 1 aromatic carbocycles. The van der Waals surface area contributed by atoms with E-state index in [9.17, 15) is 9.59 Å². The van der Waals surface area contributed by atoms with Gasteiger partial charge in [0.15, 0.2) is 0 Å². The highest BCUT2D eigenvalue weighted by atomic mass is 32.2. The van der Waals surface area contributed by atoms with Crippen LogP contribution in [0.5, 0.6) is 0 Å². The maximum absolute atomic E-state index is 12.4. The highest BCUT2D eigenvalue weighted by Gasteiger charge is 2.30. The minimum Gasteiger partial charge on any atom is -0.466 e. The van der Waals surface area contributed by atoms with E-state index >= 15 is 0 Å². The van der Waals surface area contributed by atoms with Gasteiger partial charge in [0.1, 0.15) is 4.32 Å². The molecular weight excluding hydrogens is 412 g/mol. The molecule has 2 aliphatic heterocycles. The minimum atomic E-state index is -0.381. The van der Waals surface area contributed by atoms with E-state index < -0.39 is 0 Å². The van der Waals surface area contributed by atoms with Crippen LogP contribution in [0.1, 0.15) is 19.4 Å². The number of likely N-dealkylation sites (N-methyl/N-ethyl adjacent to an activating group) is 1. The number of methoxy groups -OCH3 is 1. The molecule has 0 spiro atoms. The van der Waals surface area contributed by atoms with Crippen LogP contribution in [0, 0.1) is 0 Å². The van der Waals surface area contributed by atoms with Crippen molar-refractivity contribution in [3.8, 4) is 0 Å². The Morgan fingerprint density at radius 1 is 1.18 bits per heavy atom. The van der Waals surface area contributed by atoms with Crippen LogP contribution in [0.4, 0.5) is 5.69 Å². The predicted octanol–water partition coefficient (Wildman–Crippen LogP) is 4.41. The van der Waals surface area contributed by atoms with Gasteiger partial charge < -0.3 is 9.64 Å². The molecule has 1 fully saturated rings. The van der Waals surface area contributed by atoms with Crippen molar-refractivity contribution in [2.45, 2.75) is 18.7 Å². The lowest BCUT2D eigenvalue weighted by atomic mass is 10.2. The first kappa shape index (κ1) is 20.7. The van der Waals surface area contributed by atoms with Crippen molar-refractivity contribution in [3.05, 3.63) is 51.9 Å². The Bertz CT molecular complexity index is 921. The summed E-state index contributed by atoms with van der Waals surface area (Å²) >= 11 is 8.24. The third kappa shape index (κ3) is 4.19. The van der Waals surface area contributed by atoms with Crippen molar-refractivity contribution in [2.75, 3.05) is 25.1 Å². The van der Waals surface area contributed by atoms with Crippen molar-refractivity contribution >= 4 is 63.7 Å². The molecule has 0 unspecified atom stereocenters. The van der Waals surface area contributed by atoms with Crippen molar-refractivity contribution in [1.82, 2.24) is 4.90 Å². The summed E-state index contributed by atoms with van der Waals surface area (Å²) in [5, 5.41) is 1.05. The van der Waals surface area contributed by atoms with Gasteiger partial charge in [-0.2, -0.15) is 0 Å². The third-order valence-electron chi connectivity index (χ3n) is 4.25. The molecule has 0 aromatic heterocycles. The standard InChI is InChI=1S/C20H20N2O3S3/c1-4-21-14-8-6-13(7-11-18(23)25-3)12-16(14)27-17(21)10-9-15-19(24)22(5-2)20(26)28-15/h6-12H,4-5H2,1-3H3.